The van der Waals surface area contributed by atoms with Crippen LogP contribution in [0.3, 0.4) is 0 Å². The van der Waals surface area contributed by atoms with Gasteiger partial charge >= 0.3 is 0 Å². The summed E-state index contributed by atoms with van der Waals surface area (Å²) >= 11 is 0. The van der Waals surface area contributed by atoms with E-state index in [0.29, 0.717) is 24.1 Å². The third-order valence-electron chi connectivity index (χ3n) is 4.22. The Morgan fingerprint density at radius 1 is 1.17 bits per heavy atom. The first-order valence-corrected chi connectivity index (χ1v) is 8.05. The molecular weight excluding hydrogens is 304 g/mol. The van der Waals surface area contributed by atoms with E-state index in [1.165, 1.54) is 0 Å². The van der Waals surface area contributed by atoms with Gasteiger partial charge in [0, 0.05) is 24.1 Å². The molecule has 0 saturated heterocycles. The first kappa shape index (κ1) is 16.2. The van der Waals surface area contributed by atoms with Gasteiger partial charge in [-0.05, 0) is 29.3 Å². The number of aliphatic hydroxyl groups excluding tert-OH is 1. The van der Waals surface area contributed by atoms with E-state index in [-0.39, 0.29) is 11.8 Å². The zero-order valence-electron chi connectivity index (χ0n) is 13.5. The van der Waals surface area contributed by atoms with E-state index in [4.69, 9.17) is 0 Å². The van der Waals surface area contributed by atoms with Crippen LogP contribution in [0.1, 0.15) is 40.9 Å². The summed E-state index contributed by atoms with van der Waals surface area (Å²) in [6.45, 7) is 1.77. The number of rotatable bonds is 4. The minimum absolute atomic E-state index is 0.104. The Labute approximate surface area is 140 Å². The van der Waals surface area contributed by atoms with Gasteiger partial charge in [0.05, 0.1) is 12.1 Å². The van der Waals surface area contributed by atoms with Gasteiger partial charge in [-0.1, -0.05) is 37.3 Å². The Bertz CT molecular complexity index is 773. The predicted molar refractivity (Wildman–Crippen MR) is 91.7 cm³/mol. The summed E-state index contributed by atoms with van der Waals surface area (Å²) in [5.74, 6) is -0.379. The highest BCUT2D eigenvalue weighted by molar-refractivity contribution is 5.97. The van der Waals surface area contributed by atoms with Gasteiger partial charge in [0.15, 0.2) is 0 Å². The molecule has 0 aromatic heterocycles. The molecule has 0 spiro atoms. The molecule has 2 aromatic carbocycles. The minimum Gasteiger partial charge on any atom is -0.390 e. The lowest BCUT2D eigenvalue weighted by Gasteiger charge is -2.18. The van der Waals surface area contributed by atoms with E-state index in [1.807, 2.05) is 24.3 Å². The van der Waals surface area contributed by atoms with Gasteiger partial charge in [-0.2, -0.15) is 0 Å². The Morgan fingerprint density at radius 3 is 2.75 bits per heavy atom. The highest BCUT2D eigenvalue weighted by Crippen LogP contribution is 2.31. The average molecular weight is 324 g/mol. The van der Waals surface area contributed by atoms with Crippen molar-refractivity contribution in [2.75, 3.05) is 5.32 Å². The topological polar surface area (TPSA) is 78.4 Å². The Hall–Kier alpha value is -2.66. The fourth-order valence-corrected chi connectivity index (χ4v) is 2.96. The van der Waals surface area contributed by atoms with Crippen LogP contribution >= 0.6 is 0 Å². The molecular formula is C19H20N2O3. The largest absolute Gasteiger partial charge is 0.390 e. The van der Waals surface area contributed by atoms with Gasteiger partial charge in [0.25, 0.3) is 5.91 Å². The molecule has 0 unspecified atom stereocenters. The van der Waals surface area contributed by atoms with Crippen LogP contribution in [0.4, 0.5) is 5.69 Å². The third-order valence-corrected chi connectivity index (χ3v) is 4.22. The second-order valence-electron chi connectivity index (χ2n) is 5.90. The zero-order valence-corrected chi connectivity index (χ0v) is 13.5. The van der Waals surface area contributed by atoms with Gasteiger partial charge in [-0.25, -0.2) is 0 Å². The van der Waals surface area contributed by atoms with Crippen LogP contribution in [0.15, 0.2) is 48.5 Å². The number of carbonyl (C=O) groups excluding carboxylic acids is 2. The molecule has 3 rings (SSSR count). The van der Waals surface area contributed by atoms with E-state index in [0.717, 1.165) is 11.1 Å². The van der Waals surface area contributed by atoms with Crippen molar-refractivity contribution in [1.82, 2.24) is 5.32 Å². The van der Waals surface area contributed by atoms with E-state index in [1.54, 1.807) is 31.2 Å². The number of anilines is 1. The molecule has 0 heterocycles. The second kappa shape index (κ2) is 6.84. The summed E-state index contributed by atoms with van der Waals surface area (Å²) in [7, 11) is 0. The van der Waals surface area contributed by atoms with Gasteiger partial charge < -0.3 is 15.7 Å². The van der Waals surface area contributed by atoms with Crippen LogP contribution in [-0.4, -0.2) is 23.0 Å². The fourth-order valence-electron chi connectivity index (χ4n) is 2.96. The summed E-state index contributed by atoms with van der Waals surface area (Å²) in [6, 6.07) is 14.1. The van der Waals surface area contributed by atoms with Gasteiger partial charge in [0.2, 0.25) is 5.91 Å². The van der Waals surface area contributed by atoms with E-state index in [2.05, 4.69) is 10.6 Å². The van der Waals surface area contributed by atoms with Crippen molar-refractivity contribution in [3.8, 4) is 0 Å². The van der Waals surface area contributed by atoms with Crippen molar-refractivity contribution >= 4 is 17.5 Å². The Morgan fingerprint density at radius 2 is 1.96 bits per heavy atom. The molecule has 5 heteroatoms. The number of hydrogen-bond donors (Lipinski definition) is 3. The van der Waals surface area contributed by atoms with Crippen LogP contribution in [-0.2, 0) is 11.2 Å². The lowest BCUT2D eigenvalue weighted by Crippen LogP contribution is -2.33. The number of amides is 2. The normalized spacial score (nSPS) is 18.8. The second-order valence-corrected chi connectivity index (χ2v) is 5.90. The van der Waals surface area contributed by atoms with Crippen LogP contribution in [0.5, 0.6) is 0 Å². The summed E-state index contributed by atoms with van der Waals surface area (Å²) in [5, 5.41) is 15.9. The van der Waals surface area contributed by atoms with Crippen LogP contribution in [0.25, 0.3) is 0 Å². The first-order chi connectivity index (χ1) is 11.6. The molecule has 124 valence electrons. The monoisotopic (exact) mass is 324 g/mol. The molecule has 0 bridgehead atoms. The van der Waals surface area contributed by atoms with E-state index in [9.17, 15) is 14.7 Å². The van der Waals surface area contributed by atoms with Gasteiger partial charge in [-0.3, -0.25) is 9.59 Å². The molecule has 2 aromatic rings. The van der Waals surface area contributed by atoms with Crippen LogP contribution < -0.4 is 10.6 Å². The molecule has 1 aliphatic rings. The number of hydrogen-bond acceptors (Lipinski definition) is 3. The lowest BCUT2D eigenvalue weighted by atomic mass is 10.1. The van der Waals surface area contributed by atoms with E-state index >= 15 is 0 Å². The average Bonchev–Trinajstić information content (AvgIpc) is 2.90. The quantitative estimate of drug-likeness (QED) is 0.808. The SMILES string of the molecule is CCC(=O)Nc1cccc(C(=O)N[C@@H]2c3ccccc3C[C@@H]2O)c1. The zero-order chi connectivity index (χ0) is 17.1. The molecule has 0 saturated carbocycles. The number of carbonyl (C=O) groups is 2. The maximum atomic E-state index is 12.5. The van der Waals surface area contributed by atoms with Crippen molar-refractivity contribution in [2.24, 2.45) is 0 Å². The van der Waals surface area contributed by atoms with Crippen molar-refractivity contribution in [2.45, 2.75) is 31.9 Å². The number of benzene rings is 2. The maximum absolute atomic E-state index is 12.5. The molecule has 0 radical (unpaired) electrons. The molecule has 0 aliphatic heterocycles. The molecule has 24 heavy (non-hydrogen) atoms. The minimum atomic E-state index is -0.630. The van der Waals surface area contributed by atoms with Crippen molar-refractivity contribution < 1.29 is 14.7 Å². The molecule has 0 fully saturated rings. The smallest absolute Gasteiger partial charge is 0.251 e. The Kier molecular flexibility index (Phi) is 4.62. The third kappa shape index (κ3) is 3.31. The molecule has 2 amide bonds. The lowest BCUT2D eigenvalue weighted by molar-refractivity contribution is -0.115. The molecule has 2 atom stereocenters. The summed E-state index contributed by atoms with van der Waals surface area (Å²) < 4.78 is 0. The van der Waals surface area contributed by atoms with Crippen molar-refractivity contribution in [1.29, 1.82) is 0 Å². The number of nitrogens with one attached hydrogen (secondary N) is 2. The number of aliphatic hydroxyl groups is 1. The summed E-state index contributed by atoms with van der Waals surface area (Å²) in [4.78, 5) is 24.0. The molecule has 1 aliphatic carbocycles. The Balaban J connectivity index is 1.76. The summed E-state index contributed by atoms with van der Waals surface area (Å²) in [6.07, 6.45) is 0.282. The van der Waals surface area contributed by atoms with Gasteiger partial charge in [-0.15, -0.1) is 0 Å². The van der Waals surface area contributed by atoms with Crippen LogP contribution in [0, 0.1) is 0 Å². The highest BCUT2D eigenvalue weighted by atomic mass is 16.3. The molecule has 3 N–H and O–H groups in total. The number of fused-ring (bicyclic) bond motifs is 1. The molecule has 5 nitrogen and oxygen atoms in total. The highest BCUT2D eigenvalue weighted by Gasteiger charge is 2.32. The standard InChI is InChI=1S/C19H20N2O3/c1-2-17(23)20-14-8-5-7-13(10-14)19(24)21-18-15-9-4-3-6-12(15)11-16(18)22/h3-10,16,18,22H,2,11H2,1H3,(H,20,23)(H,21,24)/t16-,18+/m0/s1. The fraction of sp³-hybridized carbons (Fsp3) is 0.263. The first-order valence-electron chi connectivity index (χ1n) is 8.05. The summed E-state index contributed by atoms with van der Waals surface area (Å²) in [5.41, 5.74) is 3.04. The maximum Gasteiger partial charge on any atom is 0.251 e. The van der Waals surface area contributed by atoms with Crippen LogP contribution in [0.2, 0.25) is 0 Å². The predicted octanol–water partition coefficient (Wildman–Crippen LogP) is 2.42. The van der Waals surface area contributed by atoms with Gasteiger partial charge in [0.1, 0.15) is 0 Å². The van der Waals surface area contributed by atoms with E-state index < -0.39 is 12.1 Å². The van der Waals surface area contributed by atoms with Crippen molar-refractivity contribution in [3.05, 3.63) is 65.2 Å². The van der Waals surface area contributed by atoms with Crippen molar-refractivity contribution in [3.63, 3.8) is 0 Å².